The van der Waals surface area contributed by atoms with Crippen LogP contribution in [-0.2, 0) is 16.1 Å². The van der Waals surface area contributed by atoms with Crippen LogP contribution >= 0.6 is 35.0 Å². The van der Waals surface area contributed by atoms with E-state index in [1.165, 1.54) is 23.9 Å². The number of hydrogen-bond acceptors (Lipinski definition) is 4. The van der Waals surface area contributed by atoms with E-state index in [2.05, 4.69) is 10.3 Å². The fourth-order valence-electron chi connectivity index (χ4n) is 6.27. The quantitative estimate of drug-likeness (QED) is 0.236. The molecule has 1 aromatic heterocycles. The van der Waals surface area contributed by atoms with Gasteiger partial charge in [-0.25, -0.2) is 9.18 Å². The zero-order valence-electron chi connectivity index (χ0n) is 24.6. The van der Waals surface area contributed by atoms with Gasteiger partial charge in [-0.15, -0.1) is 11.8 Å². The largest absolute Gasteiger partial charge is 0.361 e. The Morgan fingerprint density at radius 2 is 1.76 bits per heavy atom. The van der Waals surface area contributed by atoms with Crippen LogP contribution in [0.1, 0.15) is 30.5 Å². The summed E-state index contributed by atoms with van der Waals surface area (Å²) in [4.78, 5) is 51.0. The minimum Gasteiger partial charge on any atom is -0.361 e. The summed E-state index contributed by atoms with van der Waals surface area (Å²) in [5.41, 5.74) is 2.20. The molecular weight excluding hydrogens is 636 g/mol. The van der Waals surface area contributed by atoms with Gasteiger partial charge >= 0.3 is 6.03 Å². The third kappa shape index (κ3) is 6.11. The van der Waals surface area contributed by atoms with E-state index in [4.69, 9.17) is 23.2 Å². The average molecular weight is 669 g/mol. The molecule has 12 heteroatoms. The van der Waals surface area contributed by atoms with E-state index in [0.29, 0.717) is 43.3 Å². The summed E-state index contributed by atoms with van der Waals surface area (Å²) in [5.74, 6) is -0.927. The molecule has 0 unspecified atom stereocenters. The lowest BCUT2D eigenvalue weighted by atomic mass is 9.90. The summed E-state index contributed by atoms with van der Waals surface area (Å²) in [6, 6.07) is 18.6. The van der Waals surface area contributed by atoms with Gasteiger partial charge in [0.2, 0.25) is 11.8 Å². The topological polar surface area (TPSA) is 88.8 Å². The van der Waals surface area contributed by atoms with Crippen molar-refractivity contribution in [3.63, 3.8) is 0 Å². The van der Waals surface area contributed by atoms with Crippen molar-refractivity contribution in [2.24, 2.45) is 0 Å². The molecule has 2 atom stereocenters. The van der Waals surface area contributed by atoms with Gasteiger partial charge in [0.15, 0.2) is 0 Å². The van der Waals surface area contributed by atoms with Crippen LogP contribution in [0.15, 0.2) is 77.8 Å². The summed E-state index contributed by atoms with van der Waals surface area (Å²) in [6.07, 6.45) is 1.79. The average Bonchev–Trinajstić information content (AvgIpc) is 3.56. The molecule has 0 aliphatic carbocycles. The summed E-state index contributed by atoms with van der Waals surface area (Å²) < 4.78 is 12.8. The second-order valence-electron chi connectivity index (χ2n) is 11.2. The second kappa shape index (κ2) is 12.9. The molecule has 2 aliphatic rings. The number of piperazine rings is 1. The first-order valence-electron chi connectivity index (χ1n) is 14.8. The van der Waals surface area contributed by atoms with Crippen molar-refractivity contribution in [3.8, 4) is 0 Å². The lowest BCUT2D eigenvalue weighted by Crippen LogP contribution is -2.58. The normalized spacial score (nSPS) is 20.2. The Kier molecular flexibility index (Phi) is 8.99. The fourth-order valence-corrected chi connectivity index (χ4v) is 8.14. The molecule has 6 rings (SSSR count). The van der Waals surface area contributed by atoms with Crippen LogP contribution in [0, 0.1) is 5.82 Å². The van der Waals surface area contributed by atoms with Crippen LogP contribution in [0.25, 0.3) is 10.9 Å². The van der Waals surface area contributed by atoms with E-state index in [0.717, 1.165) is 21.4 Å². The van der Waals surface area contributed by atoms with E-state index < -0.39 is 16.6 Å². The van der Waals surface area contributed by atoms with E-state index in [9.17, 15) is 18.8 Å². The Balaban J connectivity index is 1.46. The number of likely N-dealkylation sites (tertiary alicyclic amines) is 1. The third-order valence-corrected chi connectivity index (χ3v) is 10.3. The maximum atomic E-state index is 15.0. The number of halogens is 3. The lowest BCUT2D eigenvalue weighted by molar-refractivity contribution is -0.136. The molecule has 0 spiro atoms. The van der Waals surface area contributed by atoms with Crippen molar-refractivity contribution in [2.75, 3.05) is 32.7 Å². The summed E-state index contributed by atoms with van der Waals surface area (Å²) in [5, 5.41) is 4.19. The first-order chi connectivity index (χ1) is 21.7. The predicted molar refractivity (Wildman–Crippen MR) is 175 cm³/mol. The molecule has 4 amide bonds. The molecular formula is C33H32Cl2FN5O3S. The van der Waals surface area contributed by atoms with Crippen LogP contribution < -0.4 is 5.32 Å². The van der Waals surface area contributed by atoms with Gasteiger partial charge in [0.1, 0.15) is 10.6 Å². The Morgan fingerprint density at radius 1 is 1.02 bits per heavy atom. The molecule has 8 nitrogen and oxygen atoms in total. The van der Waals surface area contributed by atoms with E-state index in [1.54, 1.807) is 26.8 Å². The van der Waals surface area contributed by atoms with Gasteiger partial charge in [0.25, 0.3) is 0 Å². The Bertz CT molecular complexity index is 1750. The third-order valence-electron chi connectivity index (χ3n) is 8.38. The van der Waals surface area contributed by atoms with E-state index in [1.807, 2.05) is 55.6 Å². The minimum absolute atomic E-state index is 0.0385. The number of amides is 4. The molecule has 2 fully saturated rings. The molecule has 3 aromatic carbocycles. The van der Waals surface area contributed by atoms with Crippen LogP contribution in [0.3, 0.4) is 0 Å². The number of aromatic nitrogens is 1. The van der Waals surface area contributed by atoms with E-state index in [-0.39, 0.29) is 35.8 Å². The minimum atomic E-state index is -1.26. The Hall–Kier alpha value is -3.73. The highest BCUT2D eigenvalue weighted by molar-refractivity contribution is 8.01. The van der Waals surface area contributed by atoms with E-state index >= 15 is 0 Å². The number of carbonyl (C=O) groups is 3. The molecule has 2 aliphatic heterocycles. The number of fused-ring (bicyclic) bond motifs is 1. The molecule has 2 N–H and O–H groups in total. The SMILES string of the molecule is CCNC(=O)N1CCN(C(=O)[C@]2(Sc3ccccc3)CC(=O)N(Cc3ccc(F)c(Cl)c3)[C@H]2c2c[nH]c3cc(Cl)ccc23)CC1. The number of carbonyl (C=O) groups excluding carboxylic acids is 3. The van der Waals surface area contributed by atoms with Crippen LogP contribution in [0.4, 0.5) is 9.18 Å². The number of benzene rings is 3. The van der Waals surface area contributed by atoms with Gasteiger partial charge in [-0.1, -0.05) is 53.5 Å². The number of rotatable bonds is 7. The van der Waals surface area contributed by atoms with Crippen molar-refractivity contribution < 1.29 is 18.8 Å². The van der Waals surface area contributed by atoms with Crippen LogP contribution in [0.2, 0.25) is 10.0 Å². The maximum Gasteiger partial charge on any atom is 0.317 e. The first-order valence-corrected chi connectivity index (χ1v) is 16.3. The van der Waals surface area contributed by atoms with Gasteiger partial charge in [0, 0.05) is 71.8 Å². The highest BCUT2D eigenvalue weighted by Crippen LogP contribution is 2.55. The molecule has 0 saturated carbocycles. The number of thioether (sulfide) groups is 1. The van der Waals surface area contributed by atoms with Crippen molar-refractivity contribution in [1.82, 2.24) is 25.0 Å². The number of nitrogens with one attached hydrogen (secondary N) is 2. The number of urea groups is 1. The molecule has 45 heavy (non-hydrogen) atoms. The standard InChI is InChI=1S/C33H32Cl2FN5O3S/c1-2-37-32(44)40-14-12-39(13-15-40)31(43)33(45-23-6-4-3-5-7-23)18-29(42)41(20-21-8-11-27(36)26(35)16-21)30(33)25-19-38-28-17-22(34)9-10-24(25)28/h3-11,16-17,19,30,38H,2,12-15,18,20H2,1H3,(H,37,44)/t30-,33-/m0/s1. The summed E-state index contributed by atoms with van der Waals surface area (Å²) in [6.45, 7) is 3.94. The maximum absolute atomic E-state index is 15.0. The zero-order chi connectivity index (χ0) is 31.7. The van der Waals surface area contributed by atoms with Gasteiger partial charge in [0.05, 0.1) is 17.5 Å². The van der Waals surface area contributed by atoms with Crippen LogP contribution in [0.5, 0.6) is 0 Å². The Labute approximate surface area is 274 Å². The Morgan fingerprint density at radius 3 is 2.47 bits per heavy atom. The number of hydrogen-bond donors (Lipinski definition) is 2. The molecule has 0 radical (unpaired) electrons. The predicted octanol–water partition coefficient (Wildman–Crippen LogP) is 6.49. The van der Waals surface area contributed by atoms with Crippen molar-refractivity contribution in [2.45, 2.75) is 35.6 Å². The smallest absolute Gasteiger partial charge is 0.317 e. The van der Waals surface area contributed by atoms with Crippen LogP contribution in [-0.4, -0.2) is 75.0 Å². The second-order valence-corrected chi connectivity index (χ2v) is 13.5. The number of nitrogens with zero attached hydrogens (tertiary/aromatic N) is 3. The summed E-state index contributed by atoms with van der Waals surface area (Å²) in [7, 11) is 0. The summed E-state index contributed by atoms with van der Waals surface area (Å²) >= 11 is 13.8. The molecule has 2 saturated heterocycles. The highest BCUT2D eigenvalue weighted by Gasteiger charge is 2.60. The lowest BCUT2D eigenvalue weighted by Gasteiger charge is -2.42. The van der Waals surface area contributed by atoms with Gasteiger partial charge < -0.3 is 25.0 Å². The van der Waals surface area contributed by atoms with Crippen molar-refractivity contribution in [3.05, 3.63) is 99.9 Å². The molecule has 4 aromatic rings. The number of H-pyrrole nitrogens is 1. The van der Waals surface area contributed by atoms with Crippen molar-refractivity contribution in [1.29, 1.82) is 0 Å². The van der Waals surface area contributed by atoms with Gasteiger partial charge in [-0.3, -0.25) is 9.59 Å². The first kappa shape index (κ1) is 31.3. The van der Waals surface area contributed by atoms with Gasteiger partial charge in [-0.2, -0.15) is 0 Å². The van der Waals surface area contributed by atoms with Crippen molar-refractivity contribution >= 4 is 63.7 Å². The molecule has 3 heterocycles. The number of aromatic amines is 1. The molecule has 0 bridgehead atoms. The zero-order valence-corrected chi connectivity index (χ0v) is 26.9. The monoisotopic (exact) mass is 667 g/mol. The fraction of sp³-hybridized carbons (Fsp3) is 0.303. The molecule has 234 valence electrons. The highest BCUT2D eigenvalue weighted by atomic mass is 35.5. The van der Waals surface area contributed by atoms with Gasteiger partial charge in [-0.05, 0) is 48.9 Å².